The van der Waals surface area contributed by atoms with Gasteiger partial charge in [0, 0.05) is 18.6 Å². The molecule has 0 unspecified atom stereocenters. The topological polar surface area (TPSA) is 116 Å². The summed E-state index contributed by atoms with van der Waals surface area (Å²) in [5.74, 6) is -1.51. The molecule has 1 amide bonds. The lowest BCUT2D eigenvalue weighted by Gasteiger charge is -2.10. The van der Waals surface area contributed by atoms with E-state index in [0.29, 0.717) is 0 Å². The van der Waals surface area contributed by atoms with Crippen molar-refractivity contribution in [2.24, 2.45) is 5.92 Å². The number of hydrogen-bond donors (Lipinski definition) is 1. The van der Waals surface area contributed by atoms with Crippen LogP contribution in [-0.2, 0) is 14.3 Å². The van der Waals surface area contributed by atoms with E-state index in [1.807, 2.05) is 13.8 Å². The molecule has 1 aromatic carbocycles. The van der Waals surface area contributed by atoms with Crippen molar-refractivity contribution in [1.82, 2.24) is 0 Å². The summed E-state index contributed by atoms with van der Waals surface area (Å²) in [5, 5.41) is 13.2. The molecular formula is C15H18N2O6. The molecule has 0 aliphatic heterocycles. The van der Waals surface area contributed by atoms with E-state index in [9.17, 15) is 24.5 Å². The van der Waals surface area contributed by atoms with Gasteiger partial charge in [0.15, 0.2) is 0 Å². The van der Waals surface area contributed by atoms with Gasteiger partial charge in [-0.2, -0.15) is 0 Å². The fraction of sp³-hybridized carbons (Fsp3) is 0.400. The highest BCUT2D eigenvalue weighted by molar-refractivity contribution is 6.07. The normalized spacial score (nSPS) is 10.3. The van der Waals surface area contributed by atoms with Crippen molar-refractivity contribution in [3.05, 3.63) is 33.9 Å². The van der Waals surface area contributed by atoms with Crippen molar-refractivity contribution in [3.63, 3.8) is 0 Å². The lowest BCUT2D eigenvalue weighted by molar-refractivity contribution is -0.384. The zero-order chi connectivity index (χ0) is 17.6. The number of anilines is 1. The van der Waals surface area contributed by atoms with Crippen LogP contribution in [0.3, 0.4) is 0 Å². The lowest BCUT2D eigenvalue weighted by atomic mass is 10.0. The number of methoxy groups -OCH3 is 1. The second-order valence-electron chi connectivity index (χ2n) is 5.34. The van der Waals surface area contributed by atoms with Crippen molar-refractivity contribution in [1.29, 1.82) is 0 Å². The van der Waals surface area contributed by atoms with Gasteiger partial charge >= 0.3 is 5.97 Å². The number of nitro benzene ring substituents is 1. The van der Waals surface area contributed by atoms with Gasteiger partial charge in [-0.1, -0.05) is 13.8 Å². The summed E-state index contributed by atoms with van der Waals surface area (Å²) >= 11 is 0. The largest absolute Gasteiger partial charge is 0.465 e. The SMILES string of the molecule is COC(=O)c1ccc([N+](=O)[O-])cc1NC(=O)CC(=O)CC(C)C. The van der Waals surface area contributed by atoms with E-state index in [4.69, 9.17) is 0 Å². The summed E-state index contributed by atoms with van der Waals surface area (Å²) in [4.78, 5) is 45.4. The Kier molecular flexibility index (Phi) is 6.37. The van der Waals surface area contributed by atoms with Crippen molar-refractivity contribution in [2.75, 3.05) is 12.4 Å². The number of ether oxygens (including phenoxy) is 1. The highest BCUT2D eigenvalue weighted by Crippen LogP contribution is 2.23. The minimum absolute atomic E-state index is 0.0252. The molecule has 8 heteroatoms. The number of hydrogen-bond acceptors (Lipinski definition) is 6. The number of carbonyl (C=O) groups is 3. The molecule has 0 aromatic heterocycles. The molecule has 0 radical (unpaired) electrons. The van der Waals surface area contributed by atoms with E-state index < -0.39 is 16.8 Å². The maximum Gasteiger partial charge on any atom is 0.339 e. The zero-order valence-corrected chi connectivity index (χ0v) is 13.1. The Bertz CT molecular complexity index is 639. The van der Waals surface area contributed by atoms with Crippen LogP contribution in [0.4, 0.5) is 11.4 Å². The minimum atomic E-state index is -0.747. The molecular weight excluding hydrogens is 304 g/mol. The van der Waals surface area contributed by atoms with Crippen LogP contribution >= 0.6 is 0 Å². The number of nitrogens with zero attached hydrogens (tertiary/aromatic N) is 1. The van der Waals surface area contributed by atoms with Crippen LogP contribution in [0.25, 0.3) is 0 Å². The zero-order valence-electron chi connectivity index (χ0n) is 13.1. The number of non-ortho nitro benzene ring substituents is 1. The second kappa shape index (κ2) is 8.02. The molecule has 1 rings (SSSR count). The monoisotopic (exact) mass is 322 g/mol. The van der Waals surface area contributed by atoms with Crippen LogP contribution in [0.1, 0.15) is 37.0 Å². The molecule has 23 heavy (non-hydrogen) atoms. The van der Waals surface area contributed by atoms with E-state index in [0.717, 1.165) is 19.2 Å². The van der Waals surface area contributed by atoms with E-state index in [1.165, 1.54) is 6.07 Å². The maximum atomic E-state index is 11.9. The molecule has 1 N–H and O–H groups in total. The van der Waals surface area contributed by atoms with Crippen LogP contribution < -0.4 is 5.32 Å². The smallest absolute Gasteiger partial charge is 0.339 e. The third kappa shape index (κ3) is 5.50. The van der Waals surface area contributed by atoms with Crippen LogP contribution in [0.2, 0.25) is 0 Å². The van der Waals surface area contributed by atoms with Crippen molar-refractivity contribution >= 4 is 29.0 Å². The molecule has 0 spiro atoms. The predicted molar refractivity (Wildman–Crippen MR) is 82.1 cm³/mol. The van der Waals surface area contributed by atoms with Gasteiger partial charge in [0.05, 0.1) is 29.7 Å². The molecule has 0 fully saturated rings. The molecule has 0 atom stereocenters. The van der Waals surface area contributed by atoms with Gasteiger partial charge in [0.1, 0.15) is 5.78 Å². The Morgan fingerprint density at radius 1 is 1.30 bits per heavy atom. The third-order valence-electron chi connectivity index (χ3n) is 2.89. The third-order valence-corrected chi connectivity index (χ3v) is 2.89. The van der Waals surface area contributed by atoms with Crippen LogP contribution in [0.5, 0.6) is 0 Å². The predicted octanol–water partition coefficient (Wildman–Crippen LogP) is 2.33. The highest BCUT2D eigenvalue weighted by Gasteiger charge is 2.19. The number of esters is 1. The van der Waals surface area contributed by atoms with Gasteiger partial charge in [0.25, 0.3) is 5.69 Å². The standard InChI is InChI=1S/C15H18N2O6/c1-9(2)6-11(18)8-14(19)16-13-7-10(17(21)22)4-5-12(13)15(20)23-3/h4-5,7,9H,6,8H2,1-3H3,(H,16,19). The Hall–Kier alpha value is -2.77. The summed E-state index contributed by atoms with van der Waals surface area (Å²) in [6, 6.07) is 3.37. The summed E-state index contributed by atoms with van der Waals surface area (Å²) in [6.07, 6.45) is -0.103. The first-order valence-electron chi connectivity index (χ1n) is 6.93. The summed E-state index contributed by atoms with van der Waals surface area (Å²) < 4.78 is 4.57. The van der Waals surface area contributed by atoms with E-state index in [2.05, 4.69) is 10.1 Å². The highest BCUT2D eigenvalue weighted by atomic mass is 16.6. The van der Waals surface area contributed by atoms with Gasteiger partial charge in [-0.3, -0.25) is 19.7 Å². The van der Waals surface area contributed by atoms with Crippen molar-refractivity contribution in [2.45, 2.75) is 26.7 Å². The van der Waals surface area contributed by atoms with Crippen molar-refractivity contribution in [3.8, 4) is 0 Å². The summed E-state index contributed by atoms with van der Waals surface area (Å²) in [6.45, 7) is 3.71. The number of nitrogens with one attached hydrogen (secondary N) is 1. The van der Waals surface area contributed by atoms with E-state index in [-0.39, 0.29) is 41.5 Å². The lowest BCUT2D eigenvalue weighted by Crippen LogP contribution is -2.19. The molecule has 0 saturated heterocycles. The Morgan fingerprint density at radius 2 is 1.96 bits per heavy atom. The fourth-order valence-corrected chi connectivity index (χ4v) is 1.94. The van der Waals surface area contributed by atoms with Gasteiger partial charge in [-0.15, -0.1) is 0 Å². The van der Waals surface area contributed by atoms with Gasteiger partial charge in [0.2, 0.25) is 5.91 Å². The van der Waals surface area contributed by atoms with Crippen LogP contribution in [-0.4, -0.2) is 29.7 Å². The first-order chi connectivity index (χ1) is 10.7. The molecule has 124 valence electrons. The summed E-state index contributed by atoms with van der Waals surface area (Å²) in [5.41, 5.74) is -0.377. The average Bonchev–Trinajstić information content (AvgIpc) is 2.45. The number of carbonyl (C=O) groups excluding carboxylic acids is 3. The number of ketones is 1. The van der Waals surface area contributed by atoms with Crippen LogP contribution in [0.15, 0.2) is 18.2 Å². The Morgan fingerprint density at radius 3 is 2.48 bits per heavy atom. The minimum Gasteiger partial charge on any atom is -0.465 e. The number of rotatable bonds is 7. The first-order valence-corrected chi connectivity index (χ1v) is 6.93. The Labute approximate surface area is 133 Å². The van der Waals surface area contributed by atoms with Gasteiger partial charge in [-0.25, -0.2) is 4.79 Å². The molecule has 0 aliphatic carbocycles. The quantitative estimate of drug-likeness (QED) is 0.356. The van der Waals surface area contributed by atoms with E-state index >= 15 is 0 Å². The number of benzene rings is 1. The molecule has 0 aliphatic rings. The number of Topliss-reactive ketones (excluding diaryl/α,β-unsaturated/α-hetero) is 1. The molecule has 0 saturated carbocycles. The molecule has 0 bridgehead atoms. The Balaban J connectivity index is 2.97. The second-order valence-corrected chi connectivity index (χ2v) is 5.34. The van der Waals surface area contributed by atoms with E-state index in [1.54, 1.807) is 0 Å². The number of amides is 1. The fourth-order valence-electron chi connectivity index (χ4n) is 1.94. The molecule has 1 aromatic rings. The summed E-state index contributed by atoms with van der Waals surface area (Å²) in [7, 11) is 1.15. The van der Waals surface area contributed by atoms with Gasteiger partial charge < -0.3 is 10.1 Å². The van der Waals surface area contributed by atoms with Gasteiger partial charge in [-0.05, 0) is 12.0 Å². The first kappa shape index (κ1) is 18.3. The van der Waals surface area contributed by atoms with Crippen LogP contribution in [0, 0.1) is 16.0 Å². The van der Waals surface area contributed by atoms with Crippen molar-refractivity contribution < 1.29 is 24.0 Å². The average molecular weight is 322 g/mol. The molecule has 8 nitrogen and oxygen atoms in total. The molecule has 0 heterocycles. The number of nitro groups is 1. The maximum absolute atomic E-state index is 11.9.